The minimum Gasteiger partial charge on any atom is -0.550 e. The number of hydrogen-bond acceptors (Lipinski definition) is 12. The van der Waals surface area contributed by atoms with Crippen molar-refractivity contribution in [2.75, 3.05) is 13.2 Å². The molecule has 2 N–H and O–H groups in total. The maximum atomic E-state index is 11.6. The van der Waals surface area contributed by atoms with Gasteiger partial charge in [0.2, 0.25) is 0 Å². The van der Waals surface area contributed by atoms with Crippen LogP contribution in [0.3, 0.4) is 0 Å². The Bertz CT molecular complexity index is 1290. The van der Waals surface area contributed by atoms with Crippen LogP contribution in [0.4, 0.5) is 0 Å². The minimum atomic E-state index is -4.83. The van der Waals surface area contributed by atoms with Crippen LogP contribution in [-0.4, -0.2) is 73.5 Å². The van der Waals surface area contributed by atoms with Crippen molar-refractivity contribution in [3.63, 3.8) is 0 Å². The molecule has 0 aliphatic rings. The van der Waals surface area contributed by atoms with Crippen molar-refractivity contribution in [1.29, 1.82) is 0 Å². The molecule has 0 saturated carbocycles. The molecule has 0 heterocycles. The van der Waals surface area contributed by atoms with E-state index in [-0.39, 0.29) is 72.3 Å². The van der Waals surface area contributed by atoms with Gasteiger partial charge in [-0.25, -0.2) is 0 Å². The molecule has 0 radical (unpaired) electrons. The van der Waals surface area contributed by atoms with Crippen molar-refractivity contribution >= 4 is 44.1 Å². The number of esters is 2. The molecule has 0 aliphatic heterocycles. The molecule has 352 valence electrons. The first-order valence-electron chi connectivity index (χ1n) is 22.5. The second kappa shape index (κ2) is 46.7. The van der Waals surface area contributed by atoms with Gasteiger partial charge in [0, 0.05) is 24.8 Å². The van der Waals surface area contributed by atoms with Gasteiger partial charge in [-0.15, -0.1) is 0 Å². The third-order valence-corrected chi connectivity index (χ3v) is 11.9. The first-order chi connectivity index (χ1) is 28.6. The van der Waals surface area contributed by atoms with Crippen molar-refractivity contribution in [2.24, 2.45) is 0 Å². The summed E-state index contributed by atoms with van der Waals surface area (Å²) in [5.41, 5.74) is 0. The number of ether oxygens (including phenoxy) is 2. The van der Waals surface area contributed by atoms with Crippen molar-refractivity contribution in [3.05, 3.63) is 24.3 Å². The smallest absolute Gasteiger partial charge is 0.550 e. The summed E-state index contributed by atoms with van der Waals surface area (Å²) in [7, 11) is -9.67. The van der Waals surface area contributed by atoms with Gasteiger partial charge in [0.25, 0.3) is 20.2 Å². The topological polar surface area (TPSA) is 242 Å². The van der Waals surface area contributed by atoms with E-state index in [1.54, 1.807) is 0 Å². The molecule has 18 heteroatoms. The molecule has 0 aromatic heterocycles. The molecule has 62 heavy (non-hydrogen) atoms. The Kier molecular flexibility index (Phi) is 51.0. The molecule has 0 aromatic carbocycles. The van der Waals surface area contributed by atoms with Crippen LogP contribution in [-0.2, 0) is 48.9 Å². The number of carbonyl (C=O) groups excluding carboxylic acids is 4. The van der Waals surface area contributed by atoms with Crippen LogP contribution in [0.15, 0.2) is 24.3 Å². The number of unbranched alkanes of at least 4 members (excludes halogenated alkanes) is 24. The van der Waals surface area contributed by atoms with E-state index in [0.29, 0.717) is 12.8 Å². The van der Waals surface area contributed by atoms with E-state index >= 15 is 0 Å². The Hall–Kier alpha value is -0.820. The number of hydrogen-bond donors (Lipinski definition) is 2. The fourth-order valence-electron chi connectivity index (χ4n) is 6.15. The maximum Gasteiger partial charge on any atom is 1.00 e. The van der Waals surface area contributed by atoms with Crippen LogP contribution in [0.25, 0.3) is 0 Å². The number of carboxylic acid groups (broad SMARTS) is 2. The van der Waals surface area contributed by atoms with Crippen LogP contribution in [0.5, 0.6) is 0 Å². The number of carbonyl (C=O) groups is 4. The standard InChI is InChI=1S/2C22H40O7S.2Na/c2*1-2-3-4-5-6-7-8-9-10-11-12-13-14-15-16-17-18-29-22(25)20(19-21(23)24)30(26,27)28;;/h2*9-10,20H,2-8,11-19H2,1H3,(H,23,24)(H,26,27,28);;/q;;2*+1/p-2. The van der Waals surface area contributed by atoms with Crippen molar-refractivity contribution in [3.8, 4) is 0 Å². The van der Waals surface area contributed by atoms with Gasteiger partial charge in [-0.2, -0.15) is 16.8 Å². The monoisotopic (exact) mass is 940 g/mol. The van der Waals surface area contributed by atoms with E-state index in [4.69, 9.17) is 18.6 Å². The Balaban J connectivity index is -0.000000526. The first-order valence-corrected chi connectivity index (χ1v) is 25.5. The largest absolute Gasteiger partial charge is 1.00 e. The van der Waals surface area contributed by atoms with Gasteiger partial charge in [-0.3, -0.25) is 18.7 Å². The summed E-state index contributed by atoms with van der Waals surface area (Å²) in [5.74, 6) is -6.00. The van der Waals surface area contributed by atoms with Crippen LogP contribution in [0.2, 0.25) is 0 Å². The third-order valence-electron chi connectivity index (χ3n) is 9.75. The van der Waals surface area contributed by atoms with Crippen molar-refractivity contribution in [2.45, 2.75) is 217 Å². The zero-order valence-electron chi connectivity index (χ0n) is 38.7. The van der Waals surface area contributed by atoms with E-state index in [0.717, 1.165) is 77.0 Å². The number of carboxylic acids is 2. The molecule has 2 unspecified atom stereocenters. The summed E-state index contributed by atoms with van der Waals surface area (Å²) in [6, 6.07) is 0. The molecular weight excluding hydrogens is 863 g/mol. The maximum absolute atomic E-state index is 11.6. The van der Waals surface area contributed by atoms with Gasteiger partial charge in [0.05, 0.1) is 13.2 Å². The van der Waals surface area contributed by atoms with E-state index in [1.807, 2.05) is 0 Å². The molecule has 0 spiro atoms. The Morgan fingerprint density at radius 2 is 0.661 bits per heavy atom. The fraction of sp³-hybridized carbons (Fsp3) is 0.818. The van der Waals surface area contributed by atoms with Crippen molar-refractivity contribution < 1.29 is 124 Å². The average molecular weight is 941 g/mol. The predicted octanol–water partition coefficient (Wildman–Crippen LogP) is 1.94. The zero-order valence-corrected chi connectivity index (χ0v) is 44.3. The van der Waals surface area contributed by atoms with E-state index < -0.39 is 67.5 Å². The SMILES string of the molecule is CCCCCCCCC=CCCCCCCCCOC(=O)C(CC(=O)[O-])S(=O)(=O)O.CCCCCCCCC=CCCCCCCCCOC(=O)C(CC(=O)[O-])S(=O)(=O)O.[Na+].[Na+]. The van der Waals surface area contributed by atoms with Gasteiger partial charge >= 0.3 is 71.1 Å². The number of aliphatic carboxylic acids is 2. The molecule has 0 aromatic rings. The molecule has 0 saturated heterocycles. The summed E-state index contributed by atoms with van der Waals surface area (Å²) in [6.07, 6.45) is 38.8. The summed E-state index contributed by atoms with van der Waals surface area (Å²) in [6.45, 7) is 4.46. The molecule has 2 atom stereocenters. The van der Waals surface area contributed by atoms with Crippen LogP contribution in [0, 0.1) is 0 Å². The summed E-state index contributed by atoms with van der Waals surface area (Å²) in [5, 5.41) is 16.7. The first kappa shape index (κ1) is 67.8. The summed E-state index contributed by atoms with van der Waals surface area (Å²) in [4.78, 5) is 44.2. The second-order valence-electron chi connectivity index (χ2n) is 15.4. The Morgan fingerprint density at radius 3 is 0.887 bits per heavy atom. The number of rotatable bonds is 40. The quantitative estimate of drug-likeness (QED) is 0.0294. The zero-order chi connectivity index (χ0) is 45.3. The van der Waals surface area contributed by atoms with Crippen molar-refractivity contribution in [1.82, 2.24) is 0 Å². The molecule has 0 aliphatic carbocycles. The average Bonchev–Trinajstić information content (AvgIpc) is 3.17. The second-order valence-corrected chi connectivity index (χ2v) is 18.6. The van der Waals surface area contributed by atoms with Gasteiger partial charge < -0.3 is 29.3 Å². The Morgan fingerprint density at radius 1 is 0.435 bits per heavy atom. The third kappa shape index (κ3) is 47.2. The van der Waals surface area contributed by atoms with Crippen LogP contribution >= 0.6 is 0 Å². The number of allylic oxidation sites excluding steroid dienone is 4. The van der Waals surface area contributed by atoms with E-state index in [1.165, 1.54) is 89.9 Å². The Labute approximate surface area is 419 Å². The normalized spacial score (nSPS) is 12.5. The van der Waals surface area contributed by atoms with E-state index in [2.05, 4.69) is 38.2 Å². The summed E-state index contributed by atoms with van der Waals surface area (Å²) < 4.78 is 71.6. The molecule has 0 fully saturated rings. The predicted molar refractivity (Wildman–Crippen MR) is 231 cm³/mol. The van der Waals surface area contributed by atoms with Gasteiger partial charge in [0.1, 0.15) is 0 Å². The molecule has 14 nitrogen and oxygen atoms in total. The van der Waals surface area contributed by atoms with Gasteiger partial charge in [-0.05, 0) is 64.2 Å². The molecule has 0 rings (SSSR count). The molecular formula is C44H78Na2O14S2. The minimum absolute atomic E-state index is 0. The summed E-state index contributed by atoms with van der Waals surface area (Å²) >= 11 is 0. The van der Waals surface area contributed by atoms with Crippen LogP contribution < -0.4 is 69.3 Å². The van der Waals surface area contributed by atoms with E-state index in [9.17, 15) is 46.2 Å². The fourth-order valence-corrected chi connectivity index (χ4v) is 7.47. The van der Waals surface area contributed by atoms with Crippen LogP contribution in [0.1, 0.15) is 206 Å². The van der Waals surface area contributed by atoms with Gasteiger partial charge in [-0.1, -0.05) is 154 Å². The molecule has 0 bridgehead atoms. The van der Waals surface area contributed by atoms with Gasteiger partial charge in [0.15, 0.2) is 10.5 Å². The molecule has 0 amide bonds.